The zero-order chi connectivity index (χ0) is 15.6. The molecule has 0 aromatic heterocycles. The Morgan fingerprint density at radius 3 is 2.57 bits per heavy atom. The molecule has 2 rings (SSSR count). The zero-order valence-corrected chi connectivity index (χ0v) is 13.3. The minimum atomic E-state index is -0.255. The quantitative estimate of drug-likeness (QED) is 0.928. The van der Waals surface area contributed by atoms with Gasteiger partial charge in [0.2, 0.25) is 5.91 Å². The van der Waals surface area contributed by atoms with Gasteiger partial charge in [0, 0.05) is 7.05 Å². The lowest BCUT2D eigenvalue weighted by Gasteiger charge is -2.41. The van der Waals surface area contributed by atoms with Crippen LogP contribution < -0.4 is 5.32 Å². The molecular formula is C17H25FN2O. The van der Waals surface area contributed by atoms with Crippen molar-refractivity contribution >= 4 is 5.91 Å². The second kappa shape index (κ2) is 6.14. The number of benzene rings is 1. The van der Waals surface area contributed by atoms with Gasteiger partial charge in [-0.1, -0.05) is 26.0 Å². The van der Waals surface area contributed by atoms with Crippen LogP contribution in [0.2, 0.25) is 0 Å². The molecule has 0 saturated carbocycles. The molecule has 1 saturated heterocycles. The normalized spacial score (nSPS) is 22.6. The molecule has 3 nitrogen and oxygen atoms in total. The second-order valence-corrected chi connectivity index (χ2v) is 6.66. The van der Waals surface area contributed by atoms with E-state index in [4.69, 9.17) is 0 Å². The predicted molar refractivity (Wildman–Crippen MR) is 82.4 cm³/mol. The predicted octanol–water partition coefficient (Wildman–Crippen LogP) is 3.12. The molecule has 1 aliphatic rings. The number of hydrogen-bond acceptors (Lipinski definition) is 2. The summed E-state index contributed by atoms with van der Waals surface area (Å²) in [7, 11) is 1.82. The van der Waals surface area contributed by atoms with E-state index in [0.717, 1.165) is 24.9 Å². The van der Waals surface area contributed by atoms with E-state index in [9.17, 15) is 9.18 Å². The topological polar surface area (TPSA) is 32.3 Å². The Bertz CT molecular complexity index is 498. The minimum absolute atomic E-state index is 0.0356. The molecule has 1 amide bonds. The van der Waals surface area contributed by atoms with Gasteiger partial charge >= 0.3 is 0 Å². The average Bonchev–Trinajstić information content (AvgIpc) is 2.45. The zero-order valence-electron chi connectivity index (χ0n) is 13.3. The highest BCUT2D eigenvalue weighted by Gasteiger charge is 2.39. The SMILES string of the molecule is CC(c1ccc(F)cc1)N(C)C(=O)C1NCCCC1(C)C. The van der Waals surface area contributed by atoms with Crippen molar-refractivity contribution < 1.29 is 9.18 Å². The van der Waals surface area contributed by atoms with Crippen LogP contribution in [0.5, 0.6) is 0 Å². The Hall–Kier alpha value is -1.42. The summed E-state index contributed by atoms with van der Waals surface area (Å²) in [6.07, 6.45) is 2.16. The van der Waals surface area contributed by atoms with E-state index in [1.807, 2.05) is 14.0 Å². The number of amides is 1. The smallest absolute Gasteiger partial charge is 0.240 e. The molecule has 1 aliphatic heterocycles. The molecule has 0 radical (unpaired) electrons. The molecule has 2 unspecified atom stereocenters. The minimum Gasteiger partial charge on any atom is -0.338 e. The van der Waals surface area contributed by atoms with E-state index in [-0.39, 0.29) is 29.2 Å². The standard InChI is InChI=1S/C17H25FN2O/c1-12(13-6-8-14(18)9-7-13)20(4)16(21)15-17(2,3)10-5-11-19-15/h6-9,12,15,19H,5,10-11H2,1-4H3. The fourth-order valence-corrected chi connectivity index (χ4v) is 2.99. The van der Waals surface area contributed by atoms with Crippen LogP contribution in [0.15, 0.2) is 24.3 Å². The number of hydrogen-bond donors (Lipinski definition) is 1. The molecule has 1 fully saturated rings. The molecule has 21 heavy (non-hydrogen) atoms. The van der Waals surface area contributed by atoms with Crippen LogP contribution in [0, 0.1) is 11.2 Å². The van der Waals surface area contributed by atoms with Crippen LogP contribution >= 0.6 is 0 Å². The summed E-state index contributed by atoms with van der Waals surface area (Å²) in [5.41, 5.74) is 0.910. The van der Waals surface area contributed by atoms with Crippen molar-refractivity contribution in [2.45, 2.75) is 45.7 Å². The molecule has 0 spiro atoms. The van der Waals surface area contributed by atoms with E-state index >= 15 is 0 Å². The van der Waals surface area contributed by atoms with Gasteiger partial charge in [-0.15, -0.1) is 0 Å². The van der Waals surface area contributed by atoms with Crippen LogP contribution in [-0.4, -0.2) is 30.4 Å². The maximum atomic E-state index is 13.0. The van der Waals surface area contributed by atoms with E-state index in [2.05, 4.69) is 19.2 Å². The van der Waals surface area contributed by atoms with Gasteiger partial charge in [0.25, 0.3) is 0 Å². The number of carbonyl (C=O) groups excluding carboxylic acids is 1. The molecule has 1 N–H and O–H groups in total. The Labute approximate surface area is 126 Å². The fourth-order valence-electron chi connectivity index (χ4n) is 2.99. The first-order chi connectivity index (χ1) is 9.83. The Balaban J connectivity index is 2.12. The number of nitrogens with zero attached hydrogens (tertiary/aromatic N) is 1. The van der Waals surface area contributed by atoms with E-state index in [1.165, 1.54) is 12.1 Å². The van der Waals surface area contributed by atoms with Crippen LogP contribution in [0.3, 0.4) is 0 Å². The lowest BCUT2D eigenvalue weighted by Crippen LogP contribution is -2.56. The molecular weight excluding hydrogens is 267 g/mol. The van der Waals surface area contributed by atoms with Crippen LogP contribution in [0.25, 0.3) is 0 Å². The van der Waals surface area contributed by atoms with Gasteiger partial charge in [0.05, 0.1) is 12.1 Å². The van der Waals surface area contributed by atoms with Crippen molar-refractivity contribution in [1.82, 2.24) is 10.2 Å². The monoisotopic (exact) mass is 292 g/mol. The summed E-state index contributed by atoms with van der Waals surface area (Å²) >= 11 is 0. The summed E-state index contributed by atoms with van der Waals surface area (Å²) < 4.78 is 13.0. The number of piperidine rings is 1. The summed E-state index contributed by atoms with van der Waals surface area (Å²) in [6, 6.07) is 6.13. The number of nitrogens with one attached hydrogen (secondary N) is 1. The summed E-state index contributed by atoms with van der Waals surface area (Å²) in [4.78, 5) is 14.5. The second-order valence-electron chi connectivity index (χ2n) is 6.66. The molecule has 4 heteroatoms. The van der Waals surface area contributed by atoms with Gasteiger partial charge in [0.1, 0.15) is 5.82 Å². The van der Waals surface area contributed by atoms with E-state index in [1.54, 1.807) is 17.0 Å². The third-order valence-corrected chi connectivity index (χ3v) is 4.66. The van der Waals surface area contributed by atoms with Gasteiger partial charge in [-0.05, 0) is 49.4 Å². The summed E-state index contributed by atoms with van der Waals surface area (Å²) in [5.74, 6) is -0.147. The van der Waals surface area contributed by atoms with Crippen molar-refractivity contribution in [3.05, 3.63) is 35.6 Å². The largest absolute Gasteiger partial charge is 0.338 e. The number of rotatable bonds is 3. The summed E-state index contributed by atoms with van der Waals surface area (Å²) in [5, 5.41) is 3.35. The molecule has 1 aromatic carbocycles. The van der Waals surface area contributed by atoms with Crippen LogP contribution in [0.1, 0.15) is 45.2 Å². The third kappa shape index (κ3) is 3.43. The highest BCUT2D eigenvalue weighted by molar-refractivity contribution is 5.83. The lowest BCUT2D eigenvalue weighted by molar-refractivity contribution is -0.138. The van der Waals surface area contributed by atoms with Crippen molar-refractivity contribution in [3.63, 3.8) is 0 Å². The highest BCUT2D eigenvalue weighted by Crippen LogP contribution is 2.32. The lowest BCUT2D eigenvalue weighted by atomic mass is 9.77. The number of likely N-dealkylation sites (N-methyl/N-ethyl adjacent to an activating group) is 1. The van der Waals surface area contributed by atoms with E-state index in [0.29, 0.717) is 0 Å². The molecule has 2 atom stereocenters. The Morgan fingerprint density at radius 1 is 1.38 bits per heavy atom. The molecule has 1 heterocycles. The molecule has 1 aromatic rings. The van der Waals surface area contributed by atoms with Gasteiger partial charge in [0.15, 0.2) is 0 Å². The van der Waals surface area contributed by atoms with Crippen LogP contribution in [-0.2, 0) is 4.79 Å². The molecule has 0 aliphatic carbocycles. The first-order valence-corrected chi connectivity index (χ1v) is 7.58. The van der Waals surface area contributed by atoms with Gasteiger partial charge in [-0.2, -0.15) is 0 Å². The van der Waals surface area contributed by atoms with Gasteiger partial charge in [-0.3, -0.25) is 4.79 Å². The number of carbonyl (C=O) groups is 1. The average molecular weight is 292 g/mol. The highest BCUT2D eigenvalue weighted by atomic mass is 19.1. The van der Waals surface area contributed by atoms with Crippen molar-refractivity contribution in [2.75, 3.05) is 13.6 Å². The van der Waals surface area contributed by atoms with Crippen molar-refractivity contribution in [2.24, 2.45) is 5.41 Å². The Kier molecular flexibility index (Phi) is 4.67. The van der Waals surface area contributed by atoms with Gasteiger partial charge < -0.3 is 10.2 Å². The van der Waals surface area contributed by atoms with E-state index < -0.39 is 0 Å². The van der Waals surface area contributed by atoms with Crippen molar-refractivity contribution in [1.29, 1.82) is 0 Å². The fraction of sp³-hybridized carbons (Fsp3) is 0.588. The van der Waals surface area contributed by atoms with Crippen LogP contribution in [0.4, 0.5) is 4.39 Å². The Morgan fingerprint density at radius 2 is 2.00 bits per heavy atom. The third-order valence-electron chi connectivity index (χ3n) is 4.66. The van der Waals surface area contributed by atoms with Gasteiger partial charge in [-0.25, -0.2) is 4.39 Å². The maximum absolute atomic E-state index is 13.0. The maximum Gasteiger partial charge on any atom is 0.240 e. The molecule has 116 valence electrons. The molecule has 0 bridgehead atoms. The number of halogens is 1. The first kappa shape index (κ1) is 16.0. The summed E-state index contributed by atoms with van der Waals surface area (Å²) in [6.45, 7) is 7.13. The van der Waals surface area contributed by atoms with Crippen molar-refractivity contribution in [3.8, 4) is 0 Å². The first-order valence-electron chi connectivity index (χ1n) is 7.58.